The molecule has 0 aliphatic carbocycles. The number of nitrogens with one attached hydrogen (secondary N) is 1. The van der Waals surface area contributed by atoms with Crippen molar-refractivity contribution in [1.29, 1.82) is 0 Å². The zero-order valence-corrected chi connectivity index (χ0v) is 17.6. The van der Waals surface area contributed by atoms with Crippen LogP contribution in [0.25, 0.3) is 5.82 Å². The first kappa shape index (κ1) is 21.0. The molecule has 10 nitrogen and oxygen atoms in total. The molecule has 1 aromatic carbocycles. The molecule has 31 heavy (non-hydrogen) atoms. The number of amides is 1. The highest BCUT2D eigenvalue weighted by Gasteiger charge is 2.28. The summed E-state index contributed by atoms with van der Waals surface area (Å²) in [6, 6.07) is 9.33. The summed E-state index contributed by atoms with van der Waals surface area (Å²) in [5, 5.41) is 6.92. The van der Waals surface area contributed by atoms with Gasteiger partial charge in [0.15, 0.2) is 5.82 Å². The molecular weight excluding hydrogens is 422 g/mol. The summed E-state index contributed by atoms with van der Waals surface area (Å²) in [7, 11) is -2.35. The van der Waals surface area contributed by atoms with E-state index >= 15 is 0 Å². The fourth-order valence-corrected chi connectivity index (χ4v) is 4.66. The highest BCUT2D eigenvalue weighted by molar-refractivity contribution is 7.89. The summed E-state index contributed by atoms with van der Waals surface area (Å²) < 4.78 is 39.4. The van der Waals surface area contributed by atoms with Crippen LogP contribution in [0.5, 0.6) is 5.75 Å². The van der Waals surface area contributed by atoms with E-state index in [9.17, 15) is 13.2 Å². The predicted molar refractivity (Wildman–Crippen MR) is 112 cm³/mol. The number of nitrogens with zero attached hydrogens (tertiary/aromatic N) is 4. The van der Waals surface area contributed by atoms with Gasteiger partial charge in [-0.2, -0.15) is 9.40 Å². The fourth-order valence-electron chi connectivity index (χ4n) is 3.22. The first-order valence-corrected chi connectivity index (χ1v) is 11.0. The van der Waals surface area contributed by atoms with Gasteiger partial charge in [0.1, 0.15) is 5.75 Å². The maximum absolute atomic E-state index is 13.1. The summed E-state index contributed by atoms with van der Waals surface area (Å²) >= 11 is 0. The van der Waals surface area contributed by atoms with Gasteiger partial charge in [0.2, 0.25) is 10.0 Å². The molecule has 1 aliphatic heterocycles. The number of ether oxygens (including phenoxy) is 2. The maximum atomic E-state index is 13.1. The van der Waals surface area contributed by atoms with E-state index in [4.69, 9.17) is 9.47 Å². The second kappa shape index (κ2) is 8.84. The second-order valence-corrected chi connectivity index (χ2v) is 8.60. The minimum atomic E-state index is -3.77. The van der Waals surface area contributed by atoms with E-state index in [1.807, 2.05) is 0 Å². The van der Waals surface area contributed by atoms with Crippen molar-refractivity contribution in [3.8, 4) is 11.6 Å². The van der Waals surface area contributed by atoms with Crippen molar-refractivity contribution in [3.63, 3.8) is 0 Å². The Labute approximate surface area is 179 Å². The van der Waals surface area contributed by atoms with Crippen LogP contribution in [-0.4, -0.2) is 66.8 Å². The molecule has 3 heterocycles. The van der Waals surface area contributed by atoms with E-state index in [0.29, 0.717) is 24.7 Å². The number of anilines is 1. The molecule has 0 saturated carbocycles. The van der Waals surface area contributed by atoms with Crippen LogP contribution >= 0.6 is 0 Å². The van der Waals surface area contributed by atoms with Crippen LogP contribution < -0.4 is 10.1 Å². The highest BCUT2D eigenvalue weighted by Crippen LogP contribution is 2.27. The minimum absolute atomic E-state index is 0.0128. The number of morpholine rings is 1. The van der Waals surface area contributed by atoms with E-state index in [2.05, 4.69) is 15.4 Å². The molecule has 0 spiro atoms. The highest BCUT2D eigenvalue weighted by atomic mass is 32.2. The molecule has 3 aromatic rings. The second-order valence-electron chi connectivity index (χ2n) is 6.66. The van der Waals surface area contributed by atoms with Gasteiger partial charge in [-0.15, -0.1) is 0 Å². The summed E-state index contributed by atoms with van der Waals surface area (Å²) in [5.74, 6) is 0.150. The number of carbonyl (C=O) groups is 1. The van der Waals surface area contributed by atoms with Gasteiger partial charge in [0, 0.05) is 31.7 Å². The Bertz CT molecular complexity index is 1170. The molecule has 11 heteroatoms. The number of rotatable bonds is 6. The molecule has 0 bridgehead atoms. The van der Waals surface area contributed by atoms with Gasteiger partial charge in [-0.3, -0.25) is 4.79 Å². The van der Waals surface area contributed by atoms with Crippen molar-refractivity contribution >= 4 is 21.6 Å². The number of sulfonamides is 1. The third-order valence-corrected chi connectivity index (χ3v) is 6.67. The van der Waals surface area contributed by atoms with Crippen LogP contribution in [0.4, 0.5) is 5.69 Å². The first-order valence-electron chi connectivity index (χ1n) is 9.53. The zero-order chi connectivity index (χ0) is 21.8. The van der Waals surface area contributed by atoms with Crippen molar-refractivity contribution in [2.24, 2.45) is 0 Å². The Kier molecular flexibility index (Phi) is 5.98. The largest absolute Gasteiger partial charge is 0.496 e. The molecule has 1 fully saturated rings. The summed E-state index contributed by atoms with van der Waals surface area (Å²) in [5.41, 5.74) is 0.506. The average molecular weight is 443 g/mol. The average Bonchev–Trinajstić information content (AvgIpc) is 3.34. The van der Waals surface area contributed by atoms with E-state index in [1.54, 1.807) is 36.8 Å². The normalized spacial score (nSPS) is 14.9. The Hall–Kier alpha value is -3.28. The Morgan fingerprint density at radius 1 is 1.16 bits per heavy atom. The van der Waals surface area contributed by atoms with Gasteiger partial charge >= 0.3 is 0 Å². The van der Waals surface area contributed by atoms with Crippen LogP contribution in [0.2, 0.25) is 0 Å². The van der Waals surface area contributed by atoms with Crippen LogP contribution in [-0.2, 0) is 14.8 Å². The molecule has 0 radical (unpaired) electrons. The molecule has 0 unspecified atom stereocenters. The zero-order valence-electron chi connectivity index (χ0n) is 16.8. The molecular formula is C20H21N5O5S. The standard InChI is InChI=1S/C20H21N5O5S/c1-29-18-6-5-15(31(27,28)24-10-12-30-13-11-24)14-16(18)20(26)23-17-4-2-7-21-19(17)25-9-3-8-22-25/h2-9,14H,10-13H2,1H3,(H,23,26). The number of benzene rings is 1. The van der Waals surface area contributed by atoms with Crippen LogP contribution in [0, 0.1) is 0 Å². The van der Waals surface area contributed by atoms with Crippen molar-refractivity contribution in [1.82, 2.24) is 19.1 Å². The summed E-state index contributed by atoms with van der Waals surface area (Å²) in [6.45, 7) is 1.19. The summed E-state index contributed by atoms with van der Waals surface area (Å²) in [6.07, 6.45) is 4.89. The topological polar surface area (TPSA) is 116 Å². The number of carbonyl (C=O) groups excluding carboxylic acids is 1. The predicted octanol–water partition coefficient (Wildman–Crippen LogP) is 1.55. The van der Waals surface area contributed by atoms with E-state index in [0.717, 1.165) is 0 Å². The van der Waals surface area contributed by atoms with Crippen LogP contribution in [0.15, 0.2) is 59.9 Å². The van der Waals surface area contributed by atoms with E-state index in [1.165, 1.54) is 34.3 Å². The lowest BCUT2D eigenvalue weighted by atomic mass is 10.2. The molecule has 0 atom stereocenters. The van der Waals surface area contributed by atoms with Crippen molar-refractivity contribution in [2.45, 2.75) is 4.90 Å². The van der Waals surface area contributed by atoms with Crippen molar-refractivity contribution in [2.75, 3.05) is 38.7 Å². The van der Waals surface area contributed by atoms with Crippen molar-refractivity contribution < 1.29 is 22.7 Å². The molecule has 1 N–H and O–H groups in total. The Morgan fingerprint density at radius 3 is 2.68 bits per heavy atom. The third kappa shape index (κ3) is 4.29. The smallest absolute Gasteiger partial charge is 0.259 e. The monoisotopic (exact) mass is 443 g/mol. The molecule has 2 aromatic heterocycles. The van der Waals surface area contributed by atoms with Gasteiger partial charge in [-0.05, 0) is 36.4 Å². The van der Waals surface area contributed by atoms with Gasteiger partial charge in [-0.25, -0.2) is 18.1 Å². The fraction of sp³-hybridized carbons (Fsp3) is 0.250. The lowest BCUT2D eigenvalue weighted by Crippen LogP contribution is -2.40. The molecule has 4 rings (SSSR count). The minimum Gasteiger partial charge on any atom is -0.496 e. The van der Waals surface area contributed by atoms with Crippen molar-refractivity contribution in [3.05, 3.63) is 60.6 Å². The maximum Gasteiger partial charge on any atom is 0.259 e. The molecule has 162 valence electrons. The van der Waals surface area contributed by atoms with Gasteiger partial charge in [0.05, 0.1) is 36.5 Å². The number of aromatic nitrogens is 3. The molecule has 1 saturated heterocycles. The third-order valence-electron chi connectivity index (χ3n) is 4.78. The van der Waals surface area contributed by atoms with E-state index in [-0.39, 0.29) is 29.3 Å². The first-order chi connectivity index (χ1) is 15.0. The summed E-state index contributed by atoms with van der Waals surface area (Å²) in [4.78, 5) is 17.4. The van der Waals surface area contributed by atoms with Crippen LogP contribution in [0.3, 0.4) is 0 Å². The van der Waals surface area contributed by atoms with Gasteiger partial charge < -0.3 is 14.8 Å². The molecule has 1 aliphatic rings. The Balaban J connectivity index is 1.67. The van der Waals surface area contributed by atoms with Gasteiger partial charge in [-0.1, -0.05) is 0 Å². The quantitative estimate of drug-likeness (QED) is 0.614. The van der Waals surface area contributed by atoms with Crippen LogP contribution in [0.1, 0.15) is 10.4 Å². The van der Waals surface area contributed by atoms with E-state index < -0.39 is 15.9 Å². The number of pyridine rings is 1. The number of hydrogen-bond donors (Lipinski definition) is 1. The lowest BCUT2D eigenvalue weighted by Gasteiger charge is -2.26. The van der Waals surface area contributed by atoms with Gasteiger partial charge in [0.25, 0.3) is 5.91 Å². The number of hydrogen-bond acceptors (Lipinski definition) is 7. The molecule has 1 amide bonds. The lowest BCUT2D eigenvalue weighted by molar-refractivity contribution is 0.0730. The Morgan fingerprint density at radius 2 is 1.97 bits per heavy atom. The SMILES string of the molecule is COc1ccc(S(=O)(=O)N2CCOCC2)cc1C(=O)Nc1cccnc1-n1cccn1. The number of methoxy groups -OCH3 is 1.